The number of fused-ring (bicyclic) bond motifs is 1. The van der Waals surface area contributed by atoms with Crippen LogP contribution >= 0.6 is 0 Å². The third-order valence-electron chi connectivity index (χ3n) is 3.42. The molecule has 0 aliphatic carbocycles. The van der Waals surface area contributed by atoms with Crippen molar-refractivity contribution in [2.24, 2.45) is 5.73 Å². The molecular weight excluding hydrogens is 262 g/mol. The van der Waals surface area contributed by atoms with Gasteiger partial charge in [0.2, 0.25) is 0 Å². The summed E-state index contributed by atoms with van der Waals surface area (Å²) in [4.78, 5) is 6.88. The van der Waals surface area contributed by atoms with Gasteiger partial charge in [-0.3, -0.25) is 0 Å². The van der Waals surface area contributed by atoms with E-state index < -0.39 is 0 Å². The van der Waals surface area contributed by atoms with E-state index in [1.54, 1.807) is 10.7 Å². The molecule has 1 aromatic carbocycles. The van der Waals surface area contributed by atoms with Gasteiger partial charge in [-0.15, -0.1) is 0 Å². The van der Waals surface area contributed by atoms with Crippen molar-refractivity contribution in [1.82, 2.24) is 14.6 Å². The van der Waals surface area contributed by atoms with Crippen molar-refractivity contribution in [2.75, 3.05) is 18.0 Å². The first-order valence-electron chi connectivity index (χ1n) is 7.12. The van der Waals surface area contributed by atoms with E-state index in [1.807, 2.05) is 18.3 Å². The molecule has 21 heavy (non-hydrogen) atoms. The predicted molar refractivity (Wildman–Crippen MR) is 84.8 cm³/mol. The van der Waals surface area contributed by atoms with E-state index in [4.69, 9.17) is 5.73 Å². The molecule has 0 unspecified atom stereocenters. The minimum atomic E-state index is 0.664. The Bertz CT molecular complexity index is 734. The second-order valence-corrected chi connectivity index (χ2v) is 5.05. The number of aryl methyl sites for hydroxylation is 1. The maximum atomic E-state index is 5.68. The van der Waals surface area contributed by atoms with E-state index in [2.05, 4.69) is 46.2 Å². The van der Waals surface area contributed by atoms with Crippen molar-refractivity contribution in [2.45, 2.75) is 13.3 Å². The highest BCUT2D eigenvalue weighted by atomic mass is 15.3. The average molecular weight is 281 g/mol. The Labute approximate surface area is 124 Å². The average Bonchev–Trinajstić information content (AvgIpc) is 2.95. The molecule has 108 valence electrons. The van der Waals surface area contributed by atoms with Gasteiger partial charge in [-0.1, -0.05) is 12.1 Å². The van der Waals surface area contributed by atoms with Crippen molar-refractivity contribution in [3.63, 3.8) is 0 Å². The molecule has 0 aliphatic heterocycles. The summed E-state index contributed by atoms with van der Waals surface area (Å²) in [7, 11) is 0. The Balaban J connectivity index is 2.01. The van der Waals surface area contributed by atoms with Crippen LogP contribution in [-0.4, -0.2) is 27.7 Å². The van der Waals surface area contributed by atoms with Gasteiger partial charge in [-0.05, 0) is 43.7 Å². The Morgan fingerprint density at radius 3 is 2.95 bits per heavy atom. The van der Waals surface area contributed by atoms with Gasteiger partial charge < -0.3 is 10.6 Å². The Morgan fingerprint density at radius 2 is 2.14 bits per heavy atom. The maximum absolute atomic E-state index is 5.68. The number of nitrogens with two attached hydrogens (primary N) is 1. The smallest absolute Gasteiger partial charge is 0.157 e. The lowest BCUT2D eigenvalue weighted by molar-refractivity contribution is 0.807. The molecule has 0 aliphatic rings. The molecule has 0 atom stereocenters. The van der Waals surface area contributed by atoms with Gasteiger partial charge in [0.05, 0.1) is 6.20 Å². The van der Waals surface area contributed by atoms with Crippen LogP contribution in [0.5, 0.6) is 0 Å². The zero-order valence-corrected chi connectivity index (χ0v) is 12.1. The summed E-state index contributed by atoms with van der Waals surface area (Å²) in [5, 5.41) is 4.18. The summed E-state index contributed by atoms with van der Waals surface area (Å²) < 4.78 is 1.76. The van der Waals surface area contributed by atoms with E-state index in [1.165, 1.54) is 5.56 Å². The highest BCUT2D eigenvalue weighted by Crippen LogP contribution is 2.24. The van der Waals surface area contributed by atoms with Crippen LogP contribution in [0.2, 0.25) is 0 Å². The molecular formula is C16H19N5. The molecule has 2 aromatic heterocycles. The van der Waals surface area contributed by atoms with E-state index >= 15 is 0 Å². The third-order valence-corrected chi connectivity index (χ3v) is 3.42. The van der Waals surface area contributed by atoms with Gasteiger partial charge >= 0.3 is 0 Å². The first-order valence-corrected chi connectivity index (χ1v) is 7.12. The van der Waals surface area contributed by atoms with Crippen LogP contribution < -0.4 is 10.6 Å². The highest BCUT2D eigenvalue weighted by molar-refractivity contribution is 5.62. The SMILES string of the molecule is Cc1cccc(N(CCCN)c2ccn3nccc3n2)c1. The van der Waals surface area contributed by atoms with Crippen LogP contribution in [0.15, 0.2) is 48.8 Å². The second kappa shape index (κ2) is 5.93. The molecule has 0 bridgehead atoms. The molecule has 2 heterocycles. The number of aromatic nitrogens is 3. The van der Waals surface area contributed by atoms with Crippen LogP contribution in [0.4, 0.5) is 11.5 Å². The van der Waals surface area contributed by atoms with Crippen molar-refractivity contribution in [3.05, 3.63) is 54.4 Å². The topological polar surface area (TPSA) is 59.5 Å². The normalized spacial score (nSPS) is 11.0. The van der Waals surface area contributed by atoms with E-state index in [-0.39, 0.29) is 0 Å². The summed E-state index contributed by atoms with van der Waals surface area (Å²) in [5.74, 6) is 0.919. The zero-order chi connectivity index (χ0) is 14.7. The molecule has 5 heteroatoms. The van der Waals surface area contributed by atoms with Gasteiger partial charge in [0, 0.05) is 24.5 Å². The lowest BCUT2D eigenvalue weighted by atomic mass is 10.2. The number of hydrogen-bond acceptors (Lipinski definition) is 4. The highest BCUT2D eigenvalue weighted by Gasteiger charge is 2.11. The number of anilines is 2. The monoisotopic (exact) mass is 281 g/mol. The first kappa shape index (κ1) is 13.6. The number of benzene rings is 1. The largest absolute Gasteiger partial charge is 0.330 e. The lowest BCUT2D eigenvalue weighted by Crippen LogP contribution is -2.22. The van der Waals surface area contributed by atoms with Crippen molar-refractivity contribution in [1.29, 1.82) is 0 Å². The first-order chi connectivity index (χ1) is 10.3. The third kappa shape index (κ3) is 2.87. The molecule has 0 radical (unpaired) electrons. The van der Waals surface area contributed by atoms with Gasteiger partial charge in [0.25, 0.3) is 0 Å². The number of rotatable bonds is 5. The molecule has 0 saturated heterocycles. The molecule has 3 rings (SSSR count). The van der Waals surface area contributed by atoms with E-state index in [9.17, 15) is 0 Å². The molecule has 0 fully saturated rings. The van der Waals surface area contributed by atoms with E-state index in [0.29, 0.717) is 6.54 Å². The van der Waals surface area contributed by atoms with E-state index in [0.717, 1.165) is 30.1 Å². The van der Waals surface area contributed by atoms with Crippen LogP contribution in [0.25, 0.3) is 5.65 Å². The van der Waals surface area contributed by atoms with Crippen molar-refractivity contribution in [3.8, 4) is 0 Å². The molecule has 5 nitrogen and oxygen atoms in total. The lowest BCUT2D eigenvalue weighted by Gasteiger charge is -2.24. The molecule has 3 aromatic rings. The fraction of sp³-hybridized carbons (Fsp3) is 0.250. The summed E-state index contributed by atoms with van der Waals surface area (Å²) >= 11 is 0. The minimum absolute atomic E-state index is 0.664. The van der Waals surface area contributed by atoms with Crippen molar-refractivity contribution < 1.29 is 0 Å². The molecule has 0 spiro atoms. The van der Waals surface area contributed by atoms with Gasteiger partial charge in [-0.2, -0.15) is 5.10 Å². The Hall–Kier alpha value is -2.40. The number of nitrogens with zero attached hydrogens (tertiary/aromatic N) is 4. The van der Waals surface area contributed by atoms with Gasteiger partial charge in [0.15, 0.2) is 5.65 Å². The minimum Gasteiger partial charge on any atom is -0.330 e. The summed E-state index contributed by atoms with van der Waals surface area (Å²) in [6, 6.07) is 12.3. The summed E-state index contributed by atoms with van der Waals surface area (Å²) in [5.41, 5.74) is 8.89. The quantitative estimate of drug-likeness (QED) is 0.780. The second-order valence-electron chi connectivity index (χ2n) is 5.05. The predicted octanol–water partition coefficient (Wildman–Crippen LogP) is 2.52. The molecule has 0 saturated carbocycles. The van der Waals surface area contributed by atoms with Crippen molar-refractivity contribution >= 4 is 17.2 Å². The van der Waals surface area contributed by atoms with Crippen LogP contribution in [0.1, 0.15) is 12.0 Å². The fourth-order valence-corrected chi connectivity index (χ4v) is 2.37. The molecule has 2 N–H and O–H groups in total. The van der Waals surface area contributed by atoms with Gasteiger partial charge in [-0.25, -0.2) is 9.50 Å². The van der Waals surface area contributed by atoms with Crippen LogP contribution in [0, 0.1) is 6.92 Å². The standard InChI is InChI=1S/C16H19N5/c1-13-4-2-5-14(12-13)20(10-3-8-17)15-7-11-21-16(19-15)6-9-18-21/h2,4-7,9,11-12H,3,8,10,17H2,1H3. The Morgan fingerprint density at radius 1 is 1.24 bits per heavy atom. The Kier molecular flexibility index (Phi) is 3.83. The van der Waals surface area contributed by atoms with Crippen LogP contribution in [0.3, 0.4) is 0 Å². The van der Waals surface area contributed by atoms with Gasteiger partial charge in [0.1, 0.15) is 5.82 Å². The number of hydrogen-bond donors (Lipinski definition) is 1. The maximum Gasteiger partial charge on any atom is 0.157 e. The van der Waals surface area contributed by atoms with Crippen LogP contribution in [-0.2, 0) is 0 Å². The summed E-state index contributed by atoms with van der Waals surface area (Å²) in [6.45, 7) is 3.60. The molecule has 0 amide bonds. The zero-order valence-electron chi connectivity index (χ0n) is 12.1. The summed E-state index contributed by atoms with van der Waals surface area (Å²) in [6.07, 6.45) is 4.60. The fourth-order valence-electron chi connectivity index (χ4n) is 2.37.